The summed E-state index contributed by atoms with van der Waals surface area (Å²) in [6.45, 7) is 0. The van der Waals surface area contributed by atoms with E-state index in [2.05, 4.69) is 5.10 Å². The molecular formula is C25H19FN2O4. The summed E-state index contributed by atoms with van der Waals surface area (Å²) in [5, 5.41) is 4.62. The van der Waals surface area contributed by atoms with Crippen LogP contribution in [0.15, 0.2) is 78.9 Å². The van der Waals surface area contributed by atoms with Gasteiger partial charge in [0.05, 0.1) is 19.9 Å². The van der Waals surface area contributed by atoms with Gasteiger partial charge in [0.15, 0.2) is 5.69 Å². The van der Waals surface area contributed by atoms with E-state index in [1.807, 2.05) is 6.07 Å². The molecule has 1 aromatic heterocycles. The predicted octanol–water partition coefficient (Wildman–Crippen LogP) is 4.92. The van der Waals surface area contributed by atoms with Crippen molar-refractivity contribution in [1.29, 1.82) is 0 Å². The highest BCUT2D eigenvalue weighted by atomic mass is 19.1. The fourth-order valence-corrected chi connectivity index (χ4v) is 3.54. The molecule has 7 heteroatoms. The molecule has 0 atom stereocenters. The maximum Gasteiger partial charge on any atom is 0.357 e. The Morgan fingerprint density at radius 2 is 1.47 bits per heavy atom. The molecule has 6 nitrogen and oxygen atoms in total. The first kappa shape index (κ1) is 21.0. The molecule has 32 heavy (non-hydrogen) atoms. The Hall–Kier alpha value is -4.26. The highest BCUT2D eigenvalue weighted by molar-refractivity contribution is 6.07. The first-order chi connectivity index (χ1) is 15.5. The van der Waals surface area contributed by atoms with Crippen LogP contribution in [0.4, 0.5) is 4.39 Å². The van der Waals surface area contributed by atoms with Crippen molar-refractivity contribution in [2.45, 2.75) is 0 Å². The van der Waals surface area contributed by atoms with Gasteiger partial charge in [-0.3, -0.25) is 0 Å². The third-order valence-electron chi connectivity index (χ3n) is 4.97. The van der Waals surface area contributed by atoms with E-state index in [1.54, 1.807) is 60.7 Å². The van der Waals surface area contributed by atoms with Gasteiger partial charge >= 0.3 is 11.9 Å². The number of hydrogen-bond acceptors (Lipinski definition) is 5. The van der Waals surface area contributed by atoms with E-state index in [-0.39, 0.29) is 17.0 Å². The minimum absolute atomic E-state index is 0.0351. The Morgan fingerprint density at radius 3 is 2.12 bits per heavy atom. The molecule has 0 bridgehead atoms. The number of para-hydroxylation sites is 1. The molecule has 0 radical (unpaired) electrons. The molecule has 0 N–H and O–H groups in total. The standard InChI is InChI=1S/C25H19FN2O4/c1-31-24(29)21-22(20-14-7-6-13-19(20)16-9-8-10-17(26)15-16)27-28(23(21)25(30)32-2)18-11-4-3-5-12-18/h3-15H,1-2H3. The van der Waals surface area contributed by atoms with Crippen molar-refractivity contribution in [3.63, 3.8) is 0 Å². The monoisotopic (exact) mass is 430 g/mol. The average molecular weight is 430 g/mol. The van der Waals surface area contributed by atoms with Crippen LogP contribution >= 0.6 is 0 Å². The van der Waals surface area contributed by atoms with Gasteiger partial charge < -0.3 is 9.47 Å². The lowest BCUT2D eigenvalue weighted by atomic mass is 9.95. The summed E-state index contributed by atoms with van der Waals surface area (Å²) < 4.78 is 25.2. The van der Waals surface area contributed by atoms with Crippen molar-refractivity contribution in [2.75, 3.05) is 14.2 Å². The summed E-state index contributed by atoms with van der Waals surface area (Å²) in [7, 11) is 2.46. The number of nitrogens with zero attached hydrogens (tertiary/aromatic N) is 2. The minimum atomic E-state index is -0.740. The van der Waals surface area contributed by atoms with E-state index in [0.29, 0.717) is 22.4 Å². The smallest absolute Gasteiger partial charge is 0.357 e. The van der Waals surface area contributed by atoms with Crippen molar-refractivity contribution in [2.24, 2.45) is 0 Å². The number of benzene rings is 3. The van der Waals surface area contributed by atoms with Gasteiger partial charge in [0.25, 0.3) is 0 Å². The number of ether oxygens (including phenoxy) is 2. The van der Waals surface area contributed by atoms with Crippen LogP contribution in [-0.4, -0.2) is 35.9 Å². The first-order valence-corrected chi connectivity index (χ1v) is 9.75. The van der Waals surface area contributed by atoms with E-state index >= 15 is 0 Å². The molecule has 0 spiro atoms. The van der Waals surface area contributed by atoms with E-state index < -0.39 is 17.8 Å². The zero-order chi connectivity index (χ0) is 22.7. The fourth-order valence-electron chi connectivity index (χ4n) is 3.54. The number of halogens is 1. The molecule has 1 heterocycles. The number of aromatic nitrogens is 2. The normalized spacial score (nSPS) is 10.6. The van der Waals surface area contributed by atoms with Gasteiger partial charge in [0.1, 0.15) is 17.1 Å². The summed E-state index contributed by atoms with van der Waals surface area (Å²) in [6, 6.07) is 22.1. The number of carbonyl (C=O) groups is 2. The van der Waals surface area contributed by atoms with Crippen LogP contribution in [-0.2, 0) is 9.47 Å². The van der Waals surface area contributed by atoms with Crippen molar-refractivity contribution < 1.29 is 23.5 Å². The molecule has 4 rings (SSSR count). The highest BCUT2D eigenvalue weighted by Gasteiger charge is 2.32. The van der Waals surface area contributed by atoms with E-state index in [1.165, 1.54) is 31.0 Å². The third-order valence-corrected chi connectivity index (χ3v) is 4.97. The number of esters is 2. The van der Waals surface area contributed by atoms with Gasteiger partial charge in [0, 0.05) is 5.56 Å². The summed E-state index contributed by atoms with van der Waals surface area (Å²) in [4.78, 5) is 25.6. The Kier molecular flexibility index (Phi) is 5.81. The van der Waals surface area contributed by atoms with Gasteiger partial charge in [0.2, 0.25) is 0 Å². The molecule has 0 fully saturated rings. The second-order valence-corrected chi connectivity index (χ2v) is 6.86. The highest BCUT2D eigenvalue weighted by Crippen LogP contribution is 2.36. The molecule has 0 aliphatic carbocycles. The molecular weight excluding hydrogens is 411 g/mol. The van der Waals surface area contributed by atoms with Crippen LogP contribution in [0.1, 0.15) is 20.8 Å². The maximum atomic E-state index is 13.9. The van der Waals surface area contributed by atoms with Gasteiger partial charge in [-0.1, -0.05) is 54.6 Å². The molecule has 0 aliphatic rings. The zero-order valence-electron chi connectivity index (χ0n) is 17.4. The van der Waals surface area contributed by atoms with Gasteiger partial charge in [-0.05, 0) is 35.4 Å². The van der Waals surface area contributed by atoms with Gasteiger partial charge in [-0.25, -0.2) is 18.7 Å². The van der Waals surface area contributed by atoms with E-state index in [9.17, 15) is 14.0 Å². The van der Waals surface area contributed by atoms with Crippen LogP contribution in [0.25, 0.3) is 28.1 Å². The molecule has 0 amide bonds. The van der Waals surface area contributed by atoms with Crippen LogP contribution in [0.5, 0.6) is 0 Å². The van der Waals surface area contributed by atoms with Gasteiger partial charge in [-0.2, -0.15) is 5.10 Å². The molecule has 0 saturated carbocycles. The summed E-state index contributed by atoms with van der Waals surface area (Å²) >= 11 is 0. The predicted molar refractivity (Wildman–Crippen MR) is 117 cm³/mol. The summed E-state index contributed by atoms with van der Waals surface area (Å²) in [5.41, 5.74) is 2.48. The van der Waals surface area contributed by atoms with Crippen molar-refractivity contribution in [3.05, 3.63) is 95.9 Å². The molecule has 0 saturated heterocycles. The van der Waals surface area contributed by atoms with Crippen LogP contribution in [0.3, 0.4) is 0 Å². The second kappa shape index (κ2) is 8.85. The fraction of sp³-hybridized carbons (Fsp3) is 0.0800. The Balaban J connectivity index is 2.06. The van der Waals surface area contributed by atoms with Crippen molar-refractivity contribution in [1.82, 2.24) is 9.78 Å². The lowest BCUT2D eigenvalue weighted by Crippen LogP contribution is -2.15. The van der Waals surface area contributed by atoms with E-state index in [4.69, 9.17) is 9.47 Å². The summed E-state index contributed by atoms with van der Waals surface area (Å²) in [5.74, 6) is -1.87. The summed E-state index contributed by atoms with van der Waals surface area (Å²) in [6.07, 6.45) is 0. The van der Waals surface area contributed by atoms with Crippen LogP contribution in [0, 0.1) is 5.82 Å². The Bertz CT molecular complexity index is 1300. The Morgan fingerprint density at radius 1 is 0.812 bits per heavy atom. The number of methoxy groups -OCH3 is 2. The second-order valence-electron chi connectivity index (χ2n) is 6.86. The topological polar surface area (TPSA) is 70.4 Å². The third kappa shape index (κ3) is 3.76. The minimum Gasteiger partial charge on any atom is -0.465 e. The first-order valence-electron chi connectivity index (χ1n) is 9.75. The number of carbonyl (C=O) groups excluding carboxylic acids is 2. The van der Waals surface area contributed by atoms with E-state index in [0.717, 1.165) is 0 Å². The lowest BCUT2D eigenvalue weighted by Gasteiger charge is -2.09. The molecule has 3 aromatic carbocycles. The van der Waals surface area contributed by atoms with Crippen LogP contribution < -0.4 is 0 Å². The van der Waals surface area contributed by atoms with Crippen molar-refractivity contribution in [3.8, 4) is 28.1 Å². The maximum absolute atomic E-state index is 13.9. The van der Waals surface area contributed by atoms with Crippen LogP contribution in [0.2, 0.25) is 0 Å². The SMILES string of the molecule is COC(=O)c1c(-c2ccccc2-c2cccc(F)c2)nn(-c2ccccc2)c1C(=O)OC. The quantitative estimate of drug-likeness (QED) is 0.421. The lowest BCUT2D eigenvalue weighted by molar-refractivity contribution is 0.0549. The number of rotatable bonds is 5. The Labute approximate surface area is 183 Å². The number of hydrogen-bond donors (Lipinski definition) is 0. The zero-order valence-corrected chi connectivity index (χ0v) is 17.4. The molecule has 0 aliphatic heterocycles. The average Bonchev–Trinajstić information content (AvgIpc) is 3.24. The molecule has 160 valence electrons. The molecule has 4 aromatic rings. The van der Waals surface area contributed by atoms with Crippen molar-refractivity contribution >= 4 is 11.9 Å². The molecule has 0 unspecified atom stereocenters. The van der Waals surface area contributed by atoms with Gasteiger partial charge in [-0.15, -0.1) is 0 Å². The largest absolute Gasteiger partial charge is 0.465 e.